The molecule has 8 heteroatoms. The van der Waals surface area contributed by atoms with Gasteiger partial charge in [0, 0.05) is 18.7 Å². The molecule has 1 amide bonds. The molecule has 0 radical (unpaired) electrons. The summed E-state index contributed by atoms with van der Waals surface area (Å²) in [6, 6.07) is 9.90. The molecule has 0 bridgehead atoms. The van der Waals surface area contributed by atoms with E-state index in [0.29, 0.717) is 48.9 Å². The standard InChI is InChI=1S/C31H42N2O6/c1-7-11-18-39-24-14-13-23(19-21(24)5)29(34)27-28(22-12-15-25(38-10-4)26(20-22)37-6)33(31(36)30(27)35)17-16-32(8-2)9-3/h12-15,19-20,28,34H,7-11,16-18H2,1-6H3/t28-/m1/s1. The predicted molar refractivity (Wildman–Crippen MR) is 153 cm³/mol. The summed E-state index contributed by atoms with van der Waals surface area (Å²) in [5.41, 5.74) is 2.02. The van der Waals surface area contributed by atoms with Crippen molar-refractivity contribution in [3.05, 3.63) is 58.7 Å². The number of nitrogens with zero attached hydrogens (tertiary/aromatic N) is 2. The number of aliphatic hydroxyl groups is 1. The number of unbranched alkanes of at least 4 members (excludes halogenated alkanes) is 1. The number of rotatable bonds is 14. The van der Waals surface area contributed by atoms with Crippen LogP contribution in [-0.2, 0) is 9.59 Å². The molecule has 0 spiro atoms. The van der Waals surface area contributed by atoms with Crippen molar-refractivity contribution in [1.82, 2.24) is 9.80 Å². The zero-order chi connectivity index (χ0) is 28.5. The number of likely N-dealkylation sites (tertiary alicyclic amines) is 1. The minimum absolute atomic E-state index is 0.0600. The largest absolute Gasteiger partial charge is 0.507 e. The van der Waals surface area contributed by atoms with Gasteiger partial charge in [0.2, 0.25) is 0 Å². The molecule has 212 valence electrons. The maximum Gasteiger partial charge on any atom is 0.295 e. The first-order valence-corrected chi connectivity index (χ1v) is 13.9. The number of hydrogen-bond acceptors (Lipinski definition) is 7. The van der Waals surface area contributed by atoms with Crippen LogP contribution in [0.3, 0.4) is 0 Å². The van der Waals surface area contributed by atoms with Gasteiger partial charge < -0.3 is 29.1 Å². The Labute approximate surface area is 232 Å². The van der Waals surface area contributed by atoms with E-state index in [4.69, 9.17) is 14.2 Å². The van der Waals surface area contributed by atoms with Crippen molar-refractivity contribution in [2.24, 2.45) is 0 Å². The zero-order valence-corrected chi connectivity index (χ0v) is 24.1. The van der Waals surface area contributed by atoms with Gasteiger partial charge in [-0.3, -0.25) is 9.59 Å². The van der Waals surface area contributed by atoms with Crippen molar-refractivity contribution in [3.8, 4) is 17.2 Å². The van der Waals surface area contributed by atoms with Crippen LogP contribution in [0.1, 0.15) is 63.3 Å². The number of methoxy groups -OCH3 is 1. The summed E-state index contributed by atoms with van der Waals surface area (Å²) in [5.74, 6) is 0.252. The molecule has 1 heterocycles. The topological polar surface area (TPSA) is 88.5 Å². The van der Waals surface area contributed by atoms with Gasteiger partial charge in [0.25, 0.3) is 11.7 Å². The third-order valence-corrected chi connectivity index (χ3v) is 7.10. The molecule has 1 N–H and O–H groups in total. The van der Waals surface area contributed by atoms with E-state index in [-0.39, 0.29) is 11.3 Å². The smallest absolute Gasteiger partial charge is 0.295 e. The quantitative estimate of drug-likeness (QED) is 0.150. The number of benzene rings is 2. The summed E-state index contributed by atoms with van der Waals surface area (Å²) in [6.07, 6.45) is 1.98. The lowest BCUT2D eigenvalue weighted by Gasteiger charge is -2.28. The average Bonchev–Trinajstić information content (AvgIpc) is 3.19. The van der Waals surface area contributed by atoms with Crippen molar-refractivity contribution in [3.63, 3.8) is 0 Å². The Bertz CT molecular complexity index is 1190. The third kappa shape index (κ3) is 6.74. The van der Waals surface area contributed by atoms with E-state index in [2.05, 4.69) is 25.7 Å². The highest BCUT2D eigenvalue weighted by Gasteiger charge is 2.46. The van der Waals surface area contributed by atoms with Crippen LogP contribution in [-0.4, -0.2) is 73.1 Å². The highest BCUT2D eigenvalue weighted by Crippen LogP contribution is 2.42. The molecule has 0 aromatic heterocycles. The molecule has 2 aromatic carbocycles. The van der Waals surface area contributed by atoms with Gasteiger partial charge >= 0.3 is 0 Å². The van der Waals surface area contributed by atoms with E-state index in [9.17, 15) is 14.7 Å². The van der Waals surface area contributed by atoms with E-state index in [1.165, 1.54) is 0 Å². The molecule has 2 aromatic rings. The van der Waals surface area contributed by atoms with E-state index in [1.807, 2.05) is 19.9 Å². The Kier molecular flexibility index (Phi) is 10.8. The van der Waals surface area contributed by atoms with Crippen LogP contribution in [0.25, 0.3) is 5.76 Å². The van der Waals surface area contributed by atoms with E-state index in [0.717, 1.165) is 37.2 Å². The lowest BCUT2D eigenvalue weighted by Crippen LogP contribution is -2.38. The first-order valence-electron chi connectivity index (χ1n) is 13.9. The van der Waals surface area contributed by atoms with Gasteiger partial charge in [0.1, 0.15) is 11.5 Å². The minimum Gasteiger partial charge on any atom is -0.507 e. The molecule has 0 aliphatic carbocycles. The van der Waals surface area contributed by atoms with Crippen LogP contribution in [0.5, 0.6) is 17.2 Å². The Hall–Kier alpha value is -3.52. The van der Waals surface area contributed by atoms with Crippen molar-refractivity contribution in [1.29, 1.82) is 0 Å². The van der Waals surface area contributed by atoms with E-state index in [1.54, 1.807) is 42.3 Å². The number of aryl methyl sites for hydroxylation is 1. The summed E-state index contributed by atoms with van der Waals surface area (Å²) < 4.78 is 17.1. The second-order valence-electron chi connectivity index (χ2n) is 9.54. The number of carbonyl (C=O) groups excluding carboxylic acids is 2. The molecular weight excluding hydrogens is 496 g/mol. The van der Waals surface area contributed by atoms with E-state index >= 15 is 0 Å². The van der Waals surface area contributed by atoms with Gasteiger partial charge in [0.15, 0.2) is 11.5 Å². The molecule has 0 saturated carbocycles. The Morgan fingerprint density at radius 3 is 2.31 bits per heavy atom. The summed E-state index contributed by atoms with van der Waals surface area (Å²) in [7, 11) is 1.55. The SMILES string of the molecule is CCCCOc1ccc(C(O)=C2C(=O)C(=O)N(CCN(CC)CC)[C@@H]2c2ccc(OCC)c(OC)c2)cc1C. The van der Waals surface area contributed by atoms with Crippen LogP contribution < -0.4 is 14.2 Å². The zero-order valence-electron chi connectivity index (χ0n) is 24.1. The Morgan fingerprint density at radius 1 is 0.974 bits per heavy atom. The number of ketones is 1. The molecule has 1 aliphatic heterocycles. The van der Waals surface area contributed by atoms with Gasteiger partial charge in [0.05, 0.1) is 31.9 Å². The molecule has 39 heavy (non-hydrogen) atoms. The molecule has 3 rings (SSSR count). The highest BCUT2D eigenvalue weighted by atomic mass is 16.5. The summed E-state index contributed by atoms with van der Waals surface area (Å²) in [4.78, 5) is 30.5. The average molecular weight is 539 g/mol. The molecule has 1 atom stereocenters. The predicted octanol–water partition coefficient (Wildman–Crippen LogP) is 5.34. The fourth-order valence-electron chi connectivity index (χ4n) is 4.82. The maximum absolute atomic E-state index is 13.4. The van der Waals surface area contributed by atoms with Gasteiger partial charge in [-0.2, -0.15) is 0 Å². The van der Waals surface area contributed by atoms with Crippen molar-refractivity contribution >= 4 is 17.4 Å². The fraction of sp³-hybridized carbons (Fsp3) is 0.484. The molecule has 0 unspecified atom stereocenters. The van der Waals surface area contributed by atoms with Gasteiger partial charge in [-0.05, 0) is 74.8 Å². The fourth-order valence-corrected chi connectivity index (χ4v) is 4.82. The van der Waals surface area contributed by atoms with Crippen molar-refractivity contribution in [2.75, 3.05) is 46.5 Å². The van der Waals surface area contributed by atoms with Crippen LogP contribution in [0.2, 0.25) is 0 Å². The molecule has 8 nitrogen and oxygen atoms in total. The van der Waals surface area contributed by atoms with Gasteiger partial charge in [-0.1, -0.05) is 33.3 Å². The van der Waals surface area contributed by atoms with Crippen molar-refractivity contribution < 1.29 is 28.9 Å². The van der Waals surface area contributed by atoms with Crippen LogP contribution in [0, 0.1) is 6.92 Å². The van der Waals surface area contributed by atoms with Gasteiger partial charge in [-0.25, -0.2) is 0 Å². The van der Waals surface area contributed by atoms with E-state index < -0.39 is 17.7 Å². The number of carbonyl (C=O) groups is 2. The lowest BCUT2D eigenvalue weighted by molar-refractivity contribution is -0.140. The number of amides is 1. The van der Waals surface area contributed by atoms with Gasteiger partial charge in [-0.15, -0.1) is 0 Å². The first kappa shape index (κ1) is 30.0. The Morgan fingerprint density at radius 2 is 1.69 bits per heavy atom. The summed E-state index contributed by atoms with van der Waals surface area (Å²) in [6.45, 7) is 13.7. The van der Waals surface area contributed by atoms with Crippen LogP contribution in [0.4, 0.5) is 0 Å². The number of hydrogen-bond donors (Lipinski definition) is 1. The second kappa shape index (κ2) is 14.0. The number of Topliss-reactive ketones (excluding diaryl/α,β-unsaturated/α-hetero) is 1. The summed E-state index contributed by atoms with van der Waals surface area (Å²) >= 11 is 0. The summed E-state index contributed by atoms with van der Waals surface area (Å²) in [5, 5.41) is 11.5. The first-order chi connectivity index (χ1) is 18.8. The monoisotopic (exact) mass is 538 g/mol. The molecule has 1 aliphatic rings. The number of likely N-dealkylation sites (N-methyl/N-ethyl adjacent to an activating group) is 1. The second-order valence-corrected chi connectivity index (χ2v) is 9.54. The molecule has 1 saturated heterocycles. The maximum atomic E-state index is 13.4. The minimum atomic E-state index is -0.772. The lowest BCUT2D eigenvalue weighted by atomic mass is 9.94. The van der Waals surface area contributed by atoms with Crippen molar-refractivity contribution in [2.45, 2.75) is 53.5 Å². The normalized spacial score (nSPS) is 16.7. The number of ether oxygens (including phenoxy) is 3. The third-order valence-electron chi connectivity index (χ3n) is 7.10. The van der Waals surface area contributed by atoms with Crippen LogP contribution >= 0.6 is 0 Å². The highest BCUT2D eigenvalue weighted by molar-refractivity contribution is 6.46. The molecule has 1 fully saturated rings. The van der Waals surface area contributed by atoms with Crippen LogP contribution in [0.15, 0.2) is 42.0 Å². The number of aliphatic hydroxyl groups excluding tert-OH is 1. The Balaban J connectivity index is 2.10. The molecular formula is C31H42N2O6.